The van der Waals surface area contributed by atoms with Gasteiger partial charge in [-0.3, -0.25) is 4.99 Å². The fourth-order valence-corrected chi connectivity index (χ4v) is 3.17. The number of guanidine groups is 1. The lowest BCUT2D eigenvalue weighted by molar-refractivity contribution is -0.0265. The van der Waals surface area contributed by atoms with Crippen molar-refractivity contribution in [2.75, 3.05) is 40.0 Å². The summed E-state index contributed by atoms with van der Waals surface area (Å²) in [6.45, 7) is 8.41. The van der Waals surface area contributed by atoms with Crippen LogP contribution >= 0.6 is 0 Å². The molecule has 1 aromatic rings. The molecule has 1 aromatic carbocycles. The third-order valence-electron chi connectivity index (χ3n) is 4.71. The van der Waals surface area contributed by atoms with Gasteiger partial charge in [-0.15, -0.1) is 0 Å². The molecule has 1 heterocycles. The van der Waals surface area contributed by atoms with Crippen LogP contribution in [0.1, 0.15) is 44.8 Å². The smallest absolute Gasteiger partial charge is 0.191 e. The molecule has 0 bridgehead atoms. The van der Waals surface area contributed by atoms with Crippen molar-refractivity contribution in [3.8, 4) is 0 Å². The Labute approximate surface area is 158 Å². The minimum Gasteiger partial charge on any atom is -0.380 e. The van der Waals surface area contributed by atoms with E-state index >= 15 is 0 Å². The Morgan fingerprint density at radius 1 is 1.23 bits per heavy atom. The number of nitrogens with one attached hydrogen (secondary N) is 2. The van der Waals surface area contributed by atoms with Gasteiger partial charge in [-0.25, -0.2) is 0 Å². The Bertz CT molecular complexity index is 519. The maximum atomic E-state index is 6.07. The SMILES string of the molecule is CN=C(NCCOCCC(C)C)NCC1CCCOC1c1ccccc1. The zero-order valence-electron chi connectivity index (χ0n) is 16.5. The fraction of sp³-hybridized carbons (Fsp3) is 0.667. The van der Waals surface area contributed by atoms with Crippen LogP contribution in [0.5, 0.6) is 0 Å². The van der Waals surface area contributed by atoms with E-state index in [1.54, 1.807) is 7.05 Å². The topological polar surface area (TPSA) is 54.9 Å². The van der Waals surface area contributed by atoms with Gasteiger partial charge >= 0.3 is 0 Å². The van der Waals surface area contributed by atoms with E-state index in [1.165, 1.54) is 12.0 Å². The maximum absolute atomic E-state index is 6.07. The van der Waals surface area contributed by atoms with Gasteiger partial charge in [-0.1, -0.05) is 44.2 Å². The Balaban J connectivity index is 1.72. The quantitative estimate of drug-likeness (QED) is 0.402. The normalized spacial score (nSPS) is 21.0. The maximum Gasteiger partial charge on any atom is 0.191 e. The van der Waals surface area contributed by atoms with Gasteiger partial charge in [0.05, 0.1) is 12.7 Å². The molecule has 0 aromatic heterocycles. The van der Waals surface area contributed by atoms with E-state index in [0.29, 0.717) is 18.4 Å². The number of ether oxygens (including phenoxy) is 2. The molecule has 5 nitrogen and oxygen atoms in total. The molecule has 1 saturated heterocycles. The molecule has 0 radical (unpaired) electrons. The van der Waals surface area contributed by atoms with E-state index < -0.39 is 0 Å². The molecular weight excluding hydrogens is 326 g/mol. The first-order valence-corrected chi connectivity index (χ1v) is 9.89. The number of hydrogen-bond donors (Lipinski definition) is 2. The molecule has 2 unspecified atom stereocenters. The summed E-state index contributed by atoms with van der Waals surface area (Å²) in [6.07, 6.45) is 3.55. The Morgan fingerprint density at radius 3 is 2.77 bits per heavy atom. The van der Waals surface area contributed by atoms with Gasteiger partial charge in [-0.05, 0) is 30.7 Å². The molecule has 2 rings (SSSR count). The first-order chi connectivity index (χ1) is 12.7. The molecule has 2 atom stereocenters. The summed E-state index contributed by atoms with van der Waals surface area (Å²) < 4.78 is 11.7. The lowest BCUT2D eigenvalue weighted by Gasteiger charge is -2.32. The van der Waals surface area contributed by atoms with Crippen LogP contribution in [0.2, 0.25) is 0 Å². The Morgan fingerprint density at radius 2 is 2.04 bits per heavy atom. The highest BCUT2D eigenvalue weighted by atomic mass is 16.5. The zero-order chi connectivity index (χ0) is 18.6. The lowest BCUT2D eigenvalue weighted by atomic mass is 9.89. The highest BCUT2D eigenvalue weighted by Crippen LogP contribution is 2.32. The minimum atomic E-state index is 0.162. The summed E-state index contributed by atoms with van der Waals surface area (Å²) in [4.78, 5) is 4.31. The molecule has 2 N–H and O–H groups in total. The summed E-state index contributed by atoms with van der Waals surface area (Å²) in [5.41, 5.74) is 1.26. The van der Waals surface area contributed by atoms with E-state index in [-0.39, 0.29) is 6.10 Å². The molecule has 146 valence electrons. The predicted molar refractivity (Wildman–Crippen MR) is 107 cm³/mol. The summed E-state index contributed by atoms with van der Waals surface area (Å²) >= 11 is 0. The first-order valence-electron chi connectivity index (χ1n) is 9.89. The van der Waals surface area contributed by atoms with Crippen LogP contribution in [0, 0.1) is 11.8 Å². The van der Waals surface area contributed by atoms with E-state index in [9.17, 15) is 0 Å². The molecule has 1 aliphatic rings. The van der Waals surface area contributed by atoms with Crippen molar-refractivity contribution in [1.29, 1.82) is 0 Å². The highest BCUT2D eigenvalue weighted by molar-refractivity contribution is 5.79. The second-order valence-electron chi connectivity index (χ2n) is 7.28. The van der Waals surface area contributed by atoms with Crippen molar-refractivity contribution in [2.45, 2.75) is 39.2 Å². The summed E-state index contributed by atoms with van der Waals surface area (Å²) in [7, 11) is 1.81. The number of hydrogen-bond acceptors (Lipinski definition) is 3. The zero-order valence-corrected chi connectivity index (χ0v) is 16.5. The first kappa shape index (κ1) is 20.7. The monoisotopic (exact) mass is 361 g/mol. The second-order valence-corrected chi connectivity index (χ2v) is 7.28. The lowest BCUT2D eigenvalue weighted by Crippen LogP contribution is -2.43. The van der Waals surface area contributed by atoms with Gasteiger partial charge in [0.15, 0.2) is 5.96 Å². The number of aliphatic imine (C=N–C) groups is 1. The van der Waals surface area contributed by atoms with Crippen LogP contribution in [0.25, 0.3) is 0 Å². The molecule has 0 saturated carbocycles. The van der Waals surface area contributed by atoms with Gasteiger partial charge in [0, 0.05) is 39.3 Å². The number of rotatable bonds is 9. The third kappa shape index (κ3) is 7.34. The Kier molecular flexibility index (Phi) is 9.50. The number of benzene rings is 1. The van der Waals surface area contributed by atoms with E-state index in [2.05, 4.69) is 59.8 Å². The van der Waals surface area contributed by atoms with Crippen molar-refractivity contribution < 1.29 is 9.47 Å². The van der Waals surface area contributed by atoms with Crippen LogP contribution in [0.4, 0.5) is 0 Å². The molecule has 26 heavy (non-hydrogen) atoms. The van der Waals surface area contributed by atoms with Gasteiger partial charge in [-0.2, -0.15) is 0 Å². The molecule has 5 heteroatoms. The van der Waals surface area contributed by atoms with Crippen LogP contribution in [0.15, 0.2) is 35.3 Å². The summed E-state index contributed by atoms with van der Waals surface area (Å²) in [5, 5.41) is 6.78. The average Bonchev–Trinajstić information content (AvgIpc) is 2.67. The molecule has 0 aliphatic carbocycles. The summed E-state index contributed by atoms with van der Waals surface area (Å²) in [5.74, 6) is 1.97. The van der Waals surface area contributed by atoms with E-state index in [0.717, 1.165) is 45.1 Å². The fourth-order valence-electron chi connectivity index (χ4n) is 3.17. The minimum absolute atomic E-state index is 0.162. The largest absolute Gasteiger partial charge is 0.380 e. The van der Waals surface area contributed by atoms with Gasteiger partial charge in [0.1, 0.15) is 0 Å². The van der Waals surface area contributed by atoms with Gasteiger partial charge < -0.3 is 20.1 Å². The van der Waals surface area contributed by atoms with Crippen molar-refractivity contribution in [3.05, 3.63) is 35.9 Å². The predicted octanol–water partition coefficient (Wildman–Crippen LogP) is 3.38. The van der Waals surface area contributed by atoms with Crippen LogP contribution in [-0.2, 0) is 9.47 Å². The average molecular weight is 362 g/mol. The van der Waals surface area contributed by atoms with E-state index in [1.807, 2.05) is 0 Å². The highest BCUT2D eigenvalue weighted by Gasteiger charge is 2.27. The summed E-state index contributed by atoms with van der Waals surface area (Å²) in [6, 6.07) is 10.5. The van der Waals surface area contributed by atoms with Gasteiger partial charge in [0.2, 0.25) is 0 Å². The molecule has 1 aliphatic heterocycles. The molecule has 1 fully saturated rings. The molecule has 0 amide bonds. The molecular formula is C21H35N3O2. The van der Waals surface area contributed by atoms with Crippen molar-refractivity contribution in [3.63, 3.8) is 0 Å². The standard InChI is InChI=1S/C21H35N3O2/c1-17(2)11-14-25-15-12-23-21(22-3)24-16-19-10-7-13-26-20(19)18-8-5-4-6-9-18/h4-6,8-9,17,19-20H,7,10-16H2,1-3H3,(H2,22,23,24). The van der Waals surface area contributed by atoms with Crippen molar-refractivity contribution in [2.24, 2.45) is 16.8 Å². The van der Waals surface area contributed by atoms with Crippen molar-refractivity contribution >= 4 is 5.96 Å². The Hall–Kier alpha value is -1.59. The van der Waals surface area contributed by atoms with Crippen LogP contribution in [0.3, 0.4) is 0 Å². The van der Waals surface area contributed by atoms with E-state index in [4.69, 9.17) is 9.47 Å². The van der Waals surface area contributed by atoms with Crippen LogP contribution in [-0.4, -0.2) is 45.9 Å². The van der Waals surface area contributed by atoms with Gasteiger partial charge in [0.25, 0.3) is 0 Å². The third-order valence-corrected chi connectivity index (χ3v) is 4.71. The van der Waals surface area contributed by atoms with Crippen molar-refractivity contribution in [1.82, 2.24) is 10.6 Å². The molecule has 0 spiro atoms. The van der Waals surface area contributed by atoms with Crippen LogP contribution < -0.4 is 10.6 Å². The number of nitrogens with zero attached hydrogens (tertiary/aromatic N) is 1. The second kappa shape index (κ2) is 11.9.